The summed E-state index contributed by atoms with van der Waals surface area (Å²) in [6, 6.07) is 11.8. The van der Waals surface area contributed by atoms with Gasteiger partial charge in [0.25, 0.3) is 5.91 Å². The van der Waals surface area contributed by atoms with Crippen molar-refractivity contribution in [3.05, 3.63) is 64.8 Å². The highest BCUT2D eigenvalue weighted by atomic mass is 35.5. The van der Waals surface area contributed by atoms with E-state index in [-0.39, 0.29) is 11.3 Å². The molecule has 0 radical (unpaired) electrons. The molecule has 3 N–H and O–H groups in total. The third-order valence-corrected chi connectivity index (χ3v) is 3.74. The van der Waals surface area contributed by atoms with Crippen LogP contribution in [0.25, 0.3) is 10.9 Å². The number of benzene rings is 2. The summed E-state index contributed by atoms with van der Waals surface area (Å²) in [5.41, 5.74) is 5.03. The highest BCUT2D eigenvalue weighted by molar-refractivity contribution is 6.31. The Morgan fingerprint density at radius 2 is 2.00 bits per heavy atom. The predicted octanol–water partition coefficient (Wildman–Crippen LogP) is 3.68. The Morgan fingerprint density at radius 3 is 2.78 bits per heavy atom. The first-order valence-corrected chi connectivity index (χ1v) is 7.33. The fourth-order valence-electron chi connectivity index (χ4n) is 2.31. The van der Waals surface area contributed by atoms with Gasteiger partial charge in [-0.1, -0.05) is 23.7 Å². The van der Waals surface area contributed by atoms with Crippen LogP contribution in [0.1, 0.15) is 22.8 Å². The normalized spacial score (nSPS) is 11.7. The molecular formula is C17H14ClN3O2. The average Bonchev–Trinajstić information content (AvgIpc) is 2.95. The maximum Gasteiger partial charge on any atom is 0.275 e. The largest absolute Gasteiger partial charge is 0.507 e. The molecule has 0 unspecified atom stereocenters. The number of amides is 1. The lowest BCUT2D eigenvalue weighted by atomic mass is 10.1. The first kappa shape index (κ1) is 15.1. The van der Waals surface area contributed by atoms with Crippen molar-refractivity contribution in [3.8, 4) is 5.75 Å². The minimum Gasteiger partial charge on any atom is -0.507 e. The number of phenols is 1. The first-order valence-electron chi connectivity index (χ1n) is 6.96. The summed E-state index contributed by atoms with van der Waals surface area (Å²) in [6.45, 7) is 1.79. The molecule has 0 saturated heterocycles. The highest BCUT2D eigenvalue weighted by Crippen LogP contribution is 2.23. The SMILES string of the molecule is C/C(=N/NC(=O)c1ccccc1O)c1c[nH]c2ccc(Cl)cc12. The number of aromatic nitrogens is 1. The van der Waals surface area contributed by atoms with Crippen LogP contribution in [0.15, 0.2) is 53.8 Å². The van der Waals surface area contributed by atoms with Gasteiger partial charge in [0.1, 0.15) is 5.75 Å². The van der Waals surface area contributed by atoms with Gasteiger partial charge in [0.15, 0.2) is 0 Å². The molecule has 0 aliphatic carbocycles. The van der Waals surface area contributed by atoms with Crippen molar-refractivity contribution in [2.24, 2.45) is 5.10 Å². The molecule has 1 heterocycles. The number of nitrogens with one attached hydrogen (secondary N) is 2. The number of carbonyl (C=O) groups excluding carboxylic acids is 1. The van der Waals surface area contributed by atoms with Gasteiger partial charge >= 0.3 is 0 Å². The maximum atomic E-state index is 12.1. The third kappa shape index (κ3) is 3.05. The Labute approximate surface area is 137 Å². The van der Waals surface area contributed by atoms with Crippen molar-refractivity contribution >= 4 is 34.1 Å². The maximum absolute atomic E-state index is 12.1. The fourth-order valence-corrected chi connectivity index (χ4v) is 2.49. The van der Waals surface area contributed by atoms with E-state index < -0.39 is 5.91 Å². The molecule has 116 valence electrons. The Bertz CT molecular complexity index is 915. The zero-order valence-electron chi connectivity index (χ0n) is 12.3. The second kappa shape index (κ2) is 6.14. The van der Waals surface area contributed by atoms with Crippen LogP contribution >= 0.6 is 11.6 Å². The number of fused-ring (bicyclic) bond motifs is 1. The van der Waals surface area contributed by atoms with Gasteiger partial charge in [-0.25, -0.2) is 5.43 Å². The van der Waals surface area contributed by atoms with Crippen molar-refractivity contribution in [3.63, 3.8) is 0 Å². The quantitative estimate of drug-likeness (QED) is 0.507. The Hall–Kier alpha value is -2.79. The number of carbonyl (C=O) groups is 1. The van der Waals surface area contributed by atoms with Gasteiger partial charge in [0.2, 0.25) is 0 Å². The molecule has 3 aromatic rings. The van der Waals surface area contributed by atoms with E-state index >= 15 is 0 Å². The van der Waals surface area contributed by atoms with E-state index in [0.717, 1.165) is 16.5 Å². The Balaban J connectivity index is 1.86. The summed E-state index contributed by atoms with van der Waals surface area (Å²) in [6.07, 6.45) is 1.81. The van der Waals surface area contributed by atoms with E-state index in [2.05, 4.69) is 15.5 Å². The molecule has 0 atom stereocenters. The van der Waals surface area contributed by atoms with Gasteiger partial charge in [0.05, 0.1) is 11.3 Å². The number of halogens is 1. The number of para-hydroxylation sites is 1. The smallest absolute Gasteiger partial charge is 0.275 e. The summed E-state index contributed by atoms with van der Waals surface area (Å²) in [4.78, 5) is 15.2. The van der Waals surface area contributed by atoms with Crippen LogP contribution in [0.4, 0.5) is 0 Å². The summed E-state index contributed by atoms with van der Waals surface area (Å²) >= 11 is 6.03. The minimum absolute atomic E-state index is 0.0864. The number of nitrogens with zero attached hydrogens (tertiary/aromatic N) is 1. The lowest BCUT2D eigenvalue weighted by Gasteiger charge is -2.04. The van der Waals surface area contributed by atoms with E-state index in [4.69, 9.17) is 11.6 Å². The number of H-pyrrole nitrogens is 1. The molecule has 5 nitrogen and oxygen atoms in total. The van der Waals surface area contributed by atoms with Crippen LogP contribution in [-0.2, 0) is 0 Å². The number of hydrogen-bond acceptors (Lipinski definition) is 3. The van der Waals surface area contributed by atoms with Crippen LogP contribution in [0.3, 0.4) is 0 Å². The minimum atomic E-state index is -0.472. The molecule has 3 rings (SSSR count). The molecule has 1 aromatic heterocycles. The molecule has 2 aromatic carbocycles. The standard InChI is InChI=1S/C17H14ClN3O2/c1-10(14-9-19-15-7-6-11(18)8-13(14)15)20-21-17(23)12-4-2-3-5-16(12)22/h2-9,19,22H,1H3,(H,21,23)/b20-10-. The predicted molar refractivity (Wildman–Crippen MR) is 91.1 cm³/mol. The van der Waals surface area contributed by atoms with E-state index in [9.17, 15) is 9.90 Å². The number of phenolic OH excluding ortho intramolecular Hbond substituents is 1. The molecule has 1 amide bonds. The number of hydrazone groups is 1. The van der Waals surface area contributed by atoms with Gasteiger partial charge < -0.3 is 10.1 Å². The summed E-state index contributed by atoms with van der Waals surface area (Å²) in [5, 5.41) is 15.3. The second-order valence-electron chi connectivity index (χ2n) is 5.05. The van der Waals surface area contributed by atoms with Crippen LogP contribution in [0, 0.1) is 0 Å². The van der Waals surface area contributed by atoms with Crippen LogP contribution in [-0.4, -0.2) is 21.7 Å². The van der Waals surface area contributed by atoms with Crippen molar-refractivity contribution in [1.82, 2.24) is 10.4 Å². The highest BCUT2D eigenvalue weighted by Gasteiger charge is 2.11. The Kier molecular flexibility index (Phi) is 4.04. The molecule has 0 aliphatic heterocycles. The number of aromatic amines is 1. The van der Waals surface area contributed by atoms with Crippen LogP contribution in [0.2, 0.25) is 5.02 Å². The summed E-state index contributed by atoms with van der Waals surface area (Å²) in [7, 11) is 0. The Morgan fingerprint density at radius 1 is 1.22 bits per heavy atom. The summed E-state index contributed by atoms with van der Waals surface area (Å²) < 4.78 is 0. The van der Waals surface area contributed by atoms with E-state index in [0.29, 0.717) is 10.7 Å². The average molecular weight is 328 g/mol. The fraction of sp³-hybridized carbons (Fsp3) is 0.0588. The number of hydrogen-bond donors (Lipinski definition) is 3. The van der Waals surface area contributed by atoms with Crippen LogP contribution in [0.5, 0.6) is 5.75 Å². The second-order valence-corrected chi connectivity index (χ2v) is 5.48. The van der Waals surface area contributed by atoms with Crippen LogP contribution < -0.4 is 5.43 Å². The molecule has 0 aliphatic rings. The first-order chi connectivity index (χ1) is 11.1. The topological polar surface area (TPSA) is 77.5 Å². The molecule has 6 heteroatoms. The molecule has 0 bridgehead atoms. The van der Waals surface area contributed by atoms with E-state index in [1.54, 1.807) is 25.1 Å². The zero-order valence-corrected chi connectivity index (χ0v) is 13.1. The molecule has 0 saturated carbocycles. The molecule has 0 spiro atoms. The monoisotopic (exact) mass is 327 g/mol. The summed E-state index contributed by atoms with van der Waals surface area (Å²) in [5.74, 6) is -0.558. The van der Waals surface area contributed by atoms with E-state index in [1.807, 2.05) is 18.3 Å². The number of aromatic hydroxyl groups is 1. The number of rotatable bonds is 3. The van der Waals surface area contributed by atoms with E-state index in [1.165, 1.54) is 12.1 Å². The molecule has 0 fully saturated rings. The molecular weight excluding hydrogens is 314 g/mol. The van der Waals surface area contributed by atoms with Gasteiger partial charge in [-0.3, -0.25) is 4.79 Å². The van der Waals surface area contributed by atoms with Gasteiger partial charge in [0, 0.05) is 27.7 Å². The zero-order chi connectivity index (χ0) is 16.4. The van der Waals surface area contributed by atoms with Crippen molar-refractivity contribution in [2.45, 2.75) is 6.92 Å². The lowest BCUT2D eigenvalue weighted by Crippen LogP contribution is -2.19. The van der Waals surface area contributed by atoms with Gasteiger partial charge in [-0.15, -0.1) is 0 Å². The third-order valence-electron chi connectivity index (χ3n) is 3.51. The van der Waals surface area contributed by atoms with Crippen molar-refractivity contribution in [1.29, 1.82) is 0 Å². The van der Waals surface area contributed by atoms with Gasteiger partial charge in [-0.2, -0.15) is 5.10 Å². The van der Waals surface area contributed by atoms with Crippen molar-refractivity contribution in [2.75, 3.05) is 0 Å². The van der Waals surface area contributed by atoms with Crippen molar-refractivity contribution < 1.29 is 9.90 Å². The lowest BCUT2D eigenvalue weighted by molar-refractivity contribution is 0.0952. The molecule has 23 heavy (non-hydrogen) atoms. The van der Waals surface area contributed by atoms with Gasteiger partial charge in [-0.05, 0) is 37.3 Å².